The highest BCUT2D eigenvalue weighted by Crippen LogP contribution is 2.45. The molecule has 0 heterocycles. The summed E-state index contributed by atoms with van der Waals surface area (Å²) >= 11 is 0. The molecule has 0 amide bonds. The van der Waals surface area contributed by atoms with Crippen molar-refractivity contribution in [2.24, 2.45) is 0 Å². The number of phosphoric acid groups is 1. The largest absolute Gasteiger partial charge is 0.473 e. The minimum atomic E-state index is -4.46. The predicted molar refractivity (Wildman–Crippen MR) is 67.3 cm³/mol. The lowest BCUT2D eigenvalue weighted by molar-refractivity contribution is -0.870. The standard InChI is InChI=1S/C10H22NO7P/c1-8(13)10(9(14)7-12)18-19(15,16)17-6-5-11(2,3)4/h9-10,12,14H,5-7H2,1-4H3/p+1/t9-,10?/m0/s1. The van der Waals surface area contributed by atoms with Gasteiger partial charge in [0.2, 0.25) is 0 Å². The normalized spacial score (nSPS) is 18.7. The maximum Gasteiger partial charge on any atom is 0.473 e. The summed E-state index contributed by atoms with van der Waals surface area (Å²) in [5, 5.41) is 18.1. The summed E-state index contributed by atoms with van der Waals surface area (Å²) < 4.78 is 21.4. The fourth-order valence-corrected chi connectivity index (χ4v) is 2.06. The lowest BCUT2D eigenvalue weighted by atomic mass is 10.1. The Kier molecular flexibility index (Phi) is 7.31. The number of Topliss-reactive ketones (excluding diaryl/α,β-unsaturated/α-hetero) is 1. The lowest BCUT2D eigenvalue weighted by Gasteiger charge is -2.25. The molecule has 114 valence electrons. The molecule has 0 aromatic heterocycles. The third kappa shape index (κ3) is 8.43. The first-order valence-electron chi connectivity index (χ1n) is 5.74. The number of phosphoric ester groups is 1. The number of nitrogens with zero attached hydrogens (tertiary/aromatic N) is 1. The van der Waals surface area contributed by atoms with Crippen molar-refractivity contribution in [2.45, 2.75) is 19.1 Å². The van der Waals surface area contributed by atoms with Crippen LogP contribution >= 0.6 is 7.82 Å². The van der Waals surface area contributed by atoms with Gasteiger partial charge in [0.05, 0.1) is 27.7 Å². The van der Waals surface area contributed by atoms with Crippen molar-refractivity contribution in [3.05, 3.63) is 0 Å². The molecule has 9 heteroatoms. The second-order valence-electron chi connectivity index (χ2n) is 5.20. The predicted octanol–water partition coefficient (Wildman–Crippen LogP) is -0.863. The van der Waals surface area contributed by atoms with Gasteiger partial charge in [0, 0.05) is 0 Å². The van der Waals surface area contributed by atoms with Crippen LogP contribution in [0.5, 0.6) is 0 Å². The Bertz CT molecular complexity index is 341. The van der Waals surface area contributed by atoms with Crippen LogP contribution in [0.3, 0.4) is 0 Å². The number of hydrogen-bond acceptors (Lipinski definition) is 6. The number of aliphatic hydroxyl groups is 2. The van der Waals surface area contributed by atoms with Gasteiger partial charge in [0.15, 0.2) is 11.9 Å². The molecule has 0 saturated heterocycles. The van der Waals surface area contributed by atoms with Gasteiger partial charge in [-0.15, -0.1) is 0 Å². The first kappa shape index (κ1) is 18.7. The van der Waals surface area contributed by atoms with Crippen LogP contribution in [0, 0.1) is 0 Å². The van der Waals surface area contributed by atoms with Crippen molar-refractivity contribution in [3.63, 3.8) is 0 Å². The minimum Gasteiger partial charge on any atom is -0.394 e. The Morgan fingerprint density at radius 1 is 1.37 bits per heavy atom. The number of rotatable bonds is 9. The van der Waals surface area contributed by atoms with Crippen LogP contribution in [0.1, 0.15) is 6.92 Å². The Hall–Kier alpha value is -0.340. The fraction of sp³-hybridized carbons (Fsp3) is 0.900. The molecule has 0 aliphatic rings. The minimum absolute atomic E-state index is 0.0445. The first-order chi connectivity index (χ1) is 8.48. The maximum atomic E-state index is 11.6. The number of ketones is 1. The van der Waals surface area contributed by atoms with E-state index in [9.17, 15) is 19.4 Å². The van der Waals surface area contributed by atoms with Gasteiger partial charge in [0.25, 0.3) is 0 Å². The van der Waals surface area contributed by atoms with Gasteiger partial charge >= 0.3 is 7.82 Å². The quantitative estimate of drug-likeness (QED) is 0.375. The van der Waals surface area contributed by atoms with E-state index >= 15 is 0 Å². The van der Waals surface area contributed by atoms with Crippen molar-refractivity contribution in [1.82, 2.24) is 0 Å². The number of carbonyl (C=O) groups is 1. The summed E-state index contributed by atoms with van der Waals surface area (Å²) in [6, 6.07) is 0. The molecule has 0 rings (SSSR count). The maximum absolute atomic E-state index is 11.6. The molecular formula is C10H23NO7P+. The average molecular weight is 300 g/mol. The summed E-state index contributed by atoms with van der Waals surface area (Å²) in [6.07, 6.45) is -3.16. The van der Waals surface area contributed by atoms with E-state index in [-0.39, 0.29) is 6.61 Å². The van der Waals surface area contributed by atoms with Crippen molar-refractivity contribution in [3.8, 4) is 0 Å². The Morgan fingerprint density at radius 2 is 1.89 bits per heavy atom. The van der Waals surface area contributed by atoms with E-state index in [1.54, 1.807) is 0 Å². The van der Waals surface area contributed by atoms with Gasteiger partial charge in [-0.05, 0) is 6.92 Å². The van der Waals surface area contributed by atoms with E-state index < -0.39 is 32.4 Å². The van der Waals surface area contributed by atoms with Crippen LogP contribution in [0.4, 0.5) is 0 Å². The SMILES string of the molecule is CC(=O)C(OP(=O)(O)OCC[N+](C)(C)C)[C@@H](O)CO. The van der Waals surface area contributed by atoms with Crippen molar-refractivity contribution in [2.75, 3.05) is 40.9 Å². The van der Waals surface area contributed by atoms with Crippen LogP contribution in [0.15, 0.2) is 0 Å². The van der Waals surface area contributed by atoms with Gasteiger partial charge in [-0.1, -0.05) is 0 Å². The molecule has 19 heavy (non-hydrogen) atoms. The van der Waals surface area contributed by atoms with E-state index in [4.69, 9.17) is 9.63 Å². The topological polar surface area (TPSA) is 113 Å². The molecule has 0 aromatic rings. The van der Waals surface area contributed by atoms with Crippen LogP contribution in [-0.4, -0.2) is 78.5 Å². The van der Waals surface area contributed by atoms with Gasteiger partial charge in [0.1, 0.15) is 19.3 Å². The summed E-state index contributed by atoms with van der Waals surface area (Å²) in [7, 11) is 1.17. The first-order valence-corrected chi connectivity index (χ1v) is 7.23. The van der Waals surface area contributed by atoms with Crippen LogP contribution < -0.4 is 0 Å². The lowest BCUT2D eigenvalue weighted by Crippen LogP contribution is -2.38. The van der Waals surface area contributed by atoms with E-state index in [2.05, 4.69) is 4.52 Å². The van der Waals surface area contributed by atoms with Crippen LogP contribution in [-0.2, 0) is 18.4 Å². The summed E-state index contributed by atoms with van der Waals surface area (Å²) in [4.78, 5) is 20.6. The number of hydrogen-bond donors (Lipinski definition) is 3. The molecule has 3 atom stereocenters. The number of likely N-dealkylation sites (N-methyl/N-ethyl adjacent to an activating group) is 1. The third-order valence-corrected chi connectivity index (χ3v) is 3.20. The second-order valence-corrected chi connectivity index (χ2v) is 6.61. The monoisotopic (exact) mass is 300 g/mol. The summed E-state index contributed by atoms with van der Waals surface area (Å²) in [5.74, 6) is -0.675. The Balaban J connectivity index is 4.48. The van der Waals surface area contributed by atoms with Crippen LogP contribution in [0.2, 0.25) is 0 Å². The molecule has 0 saturated carbocycles. The molecule has 0 spiro atoms. The van der Waals surface area contributed by atoms with Crippen molar-refractivity contribution in [1.29, 1.82) is 0 Å². The smallest absolute Gasteiger partial charge is 0.394 e. The van der Waals surface area contributed by atoms with E-state index in [1.165, 1.54) is 0 Å². The molecule has 0 aliphatic heterocycles. The summed E-state index contributed by atoms with van der Waals surface area (Å²) in [5.41, 5.74) is 0. The zero-order chi connectivity index (χ0) is 15.3. The van der Waals surface area contributed by atoms with Gasteiger partial charge in [-0.3, -0.25) is 13.8 Å². The molecule has 2 unspecified atom stereocenters. The molecule has 0 fully saturated rings. The molecule has 0 radical (unpaired) electrons. The van der Waals surface area contributed by atoms with E-state index in [0.717, 1.165) is 6.92 Å². The van der Waals surface area contributed by atoms with E-state index in [0.29, 0.717) is 11.0 Å². The summed E-state index contributed by atoms with van der Waals surface area (Å²) in [6.45, 7) is 0.733. The molecule has 0 aliphatic carbocycles. The second kappa shape index (κ2) is 7.44. The highest BCUT2D eigenvalue weighted by atomic mass is 31.2. The van der Waals surface area contributed by atoms with E-state index in [1.807, 2.05) is 21.1 Å². The number of carbonyl (C=O) groups excluding carboxylic acids is 1. The Morgan fingerprint density at radius 3 is 2.26 bits per heavy atom. The number of aliphatic hydroxyl groups excluding tert-OH is 2. The van der Waals surface area contributed by atoms with Gasteiger partial charge < -0.3 is 19.6 Å². The molecule has 0 aromatic carbocycles. The average Bonchev–Trinajstić information content (AvgIpc) is 2.22. The molecule has 0 bridgehead atoms. The number of quaternary nitrogens is 1. The zero-order valence-corrected chi connectivity index (χ0v) is 12.5. The van der Waals surface area contributed by atoms with Crippen LogP contribution in [0.25, 0.3) is 0 Å². The molecule has 3 N–H and O–H groups in total. The zero-order valence-electron chi connectivity index (χ0n) is 11.6. The van der Waals surface area contributed by atoms with Crippen molar-refractivity contribution >= 4 is 13.6 Å². The highest BCUT2D eigenvalue weighted by Gasteiger charge is 2.34. The highest BCUT2D eigenvalue weighted by molar-refractivity contribution is 7.47. The van der Waals surface area contributed by atoms with Gasteiger partial charge in [-0.25, -0.2) is 4.57 Å². The molecule has 8 nitrogen and oxygen atoms in total. The Labute approximate surface area is 112 Å². The van der Waals surface area contributed by atoms with Gasteiger partial charge in [-0.2, -0.15) is 0 Å². The molecular weight excluding hydrogens is 277 g/mol. The fourth-order valence-electron chi connectivity index (χ4n) is 1.12. The third-order valence-electron chi connectivity index (χ3n) is 2.20. The van der Waals surface area contributed by atoms with Crippen molar-refractivity contribution < 1.29 is 38.0 Å².